The van der Waals surface area contributed by atoms with Crippen molar-refractivity contribution in [2.45, 2.75) is 70.4 Å². The normalized spacial score (nSPS) is 19.3. The molecule has 52 heavy (non-hydrogen) atoms. The van der Waals surface area contributed by atoms with Crippen molar-refractivity contribution in [1.82, 2.24) is 29.9 Å². The Labute approximate surface area is 299 Å². The average molecular weight is 731 g/mol. The van der Waals surface area contributed by atoms with Gasteiger partial charge in [-0.25, -0.2) is 18.6 Å². The van der Waals surface area contributed by atoms with Crippen molar-refractivity contribution in [3.8, 4) is 5.75 Å². The summed E-state index contributed by atoms with van der Waals surface area (Å²) in [5, 5.41) is 12.5. The van der Waals surface area contributed by atoms with Crippen molar-refractivity contribution in [1.29, 1.82) is 0 Å². The number of rotatable bonds is 11. The maximum Gasteiger partial charge on any atom is 0.409 e. The highest BCUT2D eigenvalue weighted by Gasteiger charge is 2.41. The number of ether oxygens (including phenoxy) is 2. The molecule has 2 aromatic rings. The molecule has 0 bridgehead atoms. The van der Waals surface area contributed by atoms with Crippen molar-refractivity contribution < 1.29 is 52.1 Å². The predicted molar refractivity (Wildman–Crippen MR) is 181 cm³/mol. The number of hydrogen-bond acceptors (Lipinski definition) is 9. The van der Waals surface area contributed by atoms with Crippen LogP contribution < -0.4 is 10.1 Å². The number of hydrogen-bond donors (Lipinski definition) is 2. The third kappa shape index (κ3) is 9.22. The molecule has 3 aliphatic heterocycles. The molecule has 0 spiro atoms. The number of alkyl halides is 2. The number of carboxylic acid groups (broad SMARTS) is 1. The van der Waals surface area contributed by atoms with Crippen LogP contribution in [-0.2, 0) is 23.9 Å². The van der Waals surface area contributed by atoms with E-state index in [1.165, 1.54) is 25.7 Å². The van der Waals surface area contributed by atoms with Gasteiger partial charge in [0.1, 0.15) is 23.5 Å². The third-order valence-corrected chi connectivity index (χ3v) is 9.54. The Hall–Kier alpha value is -5.09. The van der Waals surface area contributed by atoms with Crippen molar-refractivity contribution in [2.24, 2.45) is 0 Å². The quantitative estimate of drug-likeness (QED) is 0.349. The first kappa shape index (κ1) is 38.1. The Kier molecular flexibility index (Phi) is 12.1. The van der Waals surface area contributed by atoms with Crippen LogP contribution >= 0.6 is 0 Å². The summed E-state index contributed by atoms with van der Waals surface area (Å²) in [5.41, 5.74) is 1.05. The smallest absolute Gasteiger partial charge is 0.409 e. The molecule has 1 aromatic carbocycles. The van der Waals surface area contributed by atoms with E-state index in [0.29, 0.717) is 30.3 Å². The zero-order chi connectivity index (χ0) is 37.6. The van der Waals surface area contributed by atoms with Gasteiger partial charge in [-0.15, -0.1) is 0 Å². The molecule has 1 aromatic heterocycles. The summed E-state index contributed by atoms with van der Waals surface area (Å²) in [6, 6.07) is 4.58. The molecule has 2 atom stereocenters. The molecule has 0 radical (unpaired) electrons. The fourth-order valence-corrected chi connectivity index (χ4v) is 6.65. The second-order valence-electron chi connectivity index (χ2n) is 13.2. The molecular formula is C35H44F2N6O9. The minimum atomic E-state index is -2.81. The number of nitrogens with one attached hydrogen (secondary N) is 1. The summed E-state index contributed by atoms with van der Waals surface area (Å²) in [6.07, 6.45) is -0.962. The molecule has 0 saturated carbocycles. The number of piperazine rings is 1. The number of aryl methyl sites for hydroxylation is 1. The van der Waals surface area contributed by atoms with Crippen molar-refractivity contribution in [3.05, 3.63) is 35.5 Å². The van der Waals surface area contributed by atoms with Crippen LogP contribution in [0.1, 0.15) is 61.5 Å². The number of carboxylic acids is 1. The lowest BCUT2D eigenvalue weighted by molar-refractivity contribution is -0.148. The fourth-order valence-electron chi connectivity index (χ4n) is 6.65. The molecule has 5 amide bonds. The number of piperidine rings is 1. The van der Waals surface area contributed by atoms with Crippen LogP contribution in [0.15, 0.2) is 24.3 Å². The summed E-state index contributed by atoms with van der Waals surface area (Å²) in [4.78, 5) is 87.6. The summed E-state index contributed by atoms with van der Waals surface area (Å²) in [7, 11) is 0. The van der Waals surface area contributed by atoms with Crippen LogP contribution in [0.5, 0.6) is 5.75 Å². The van der Waals surface area contributed by atoms with Gasteiger partial charge >= 0.3 is 12.1 Å². The van der Waals surface area contributed by atoms with E-state index in [0.717, 1.165) is 5.56 Å². The lowest BCUT2D eigenvalue weighted by Gasteiger charge is -2.35. The monoisotopic (exact) mass is 730 g/mol. The van der Waals surface area contributed by atoms with Gasteiger partial charge in [0.05, 0.1) is 12.1 Å². The Bertz CT molecular complexity index is 1690. The second-order valence-corrected chi connectivity index (χ2v) is 13.2. The van der Waals surface area contributed by atoms with Crippen molar-refractivity contribution >= 4 is 46.6 Å². The van der Waals surface area contributed by atoms with E-state index in [4.69, 9.17) is 9.47 Å². The van der Waals surface area contributed by atoms with E-state index in [1.54, 1.807) is 25.1 Å². The molecule has 2 N–H and O–H groups in total. The molecule has 15 nitrogen and oxygen atoms in total. The summed E-state index contributed by atoms with van der Waals surface area (Å²) in [5.74, 6) is -5.95. The highest BCUT2D eigenvalue weighted by Crippen LogP contribution is 2.30. The first-order chi connectivity index (χ1) is 24.8. The molecule has 17 heteroatoms. The number of nitrogens with zero attached hydrogens (tertiary/aromatic N) is 5. The zero-order valence-corrected chi connectivity index (χ0v) is 29.3. The van der Waals surface area contributed by atoms with Gasteiger partial charge in [0.25, 0.3) is 17.7 Å². The van der Waals surface area contributed by atoms with Gasteiger partial charge in [-0.2, -0.15) is 0 Å². The number of pyridine rings is 1. The predicted octanol–water partition coefficient (Wildman–Crippen LogP) is 2.43. The standard InChI is InChI=1S/C35H44F2N6O9/c1-3-51-34(50)42-17-15-41(16-18-42)32(48)24(8-9-30(45)46)39-31(47)26-20-28(23-7-6-22(2)19-25(23)38-26)52-21-29(44)43-12-4-5-27(43)33(49)40-13-10-35(36,37)11-14-40/h6-7,19-20,24,27H,3-5,8-18,21H2,1-2H3,(H,39,47)(H,45,46)/t24-,27-/m0/s1. The van der Waals surface area contributed by atoms with Crippen LogP contribution in [0, 0.1) is 6.92 Å². The van der Waals surface area contributed by atoms with E-state index in [9.17, 15) is 42.7 Å². The highest BCUT2D eigenvalue weighted by molar-refractivity contribution is 5.99. The topological polar surface area (TPSA) is 179 Å². The number of amides is 5. The van der Waals surface area contributed by atoms with Gasteiger partial charge < -0.3 is 39.5 Å². The van der Waals surface area contributed by atoms with Crippen LogP contribution in [-0.4, -0.2) is 142 Å². The van der Waals surface area contributed by atoms with Gasteiger partial charge in [0.2, 0.25) is 11.8 Å². The minimum Gasteiger partial charge on any atom is -0.483 e. The lowest BCUT2D eigenvalue weighted by Crippen LogP contribution is -2.56. The van der Waals surface area contributed by atoms with Crippen molar-refractivity contribution in [3.63, 3.8) is 0 Å². The molecule has 282 valence electrons. The number of likely N-dealkylation sites (tertiary alicyclic amines) is 2. The SMILES string of the molecule is CCOC(=O)N1CCN(C(=O)[C@H](CCC(=O)O)NC(=O)c2cc(OCC(=O)N3CCC[C@H]3C(=O)N3CCC(F)(F)CC3)c3ccc(C)cc3n2)CC1. The zero-order valence-electron chi connectivity index (χ0n) is 29.3. The van der Waals surface area contributed by atoms with Crippen LogP contribution in [0.3, 0.4) is 0 Å². The largest absolute Gasteiger partial charge is 0.483 e. The Morgan fingerprint density at radius 1 is 0.981 bits per heavy atom. The maximum absolute atomic E-state index is 13.7. The first-order valence-electron chi connectivity index (χ1n) is 17.5. The maximum atomic E-state index is 13.7. The fraction of sp³-hybridized carbons (Fsp3) is 0.571. The van der Waals surface area contributed by atoms with Crippen molar-refractivity contribution in [2.75, 3.05) is 59.0 Å². The number of carbonyl (C=O) groups is 6. The molecule has 5 rings (SSSR count). The highest BCUT2D eigenvalue weighted by atomic mass is 19.3. The Morgan fingerprint density at radius 3 is 2.35 bits per heavy atom. The lowest BCUT2D eigenvalue weighted by atomic mass is 10.1. The molecule has 0 aliphatic carbocycles. The number of fused-ring (bicyclic) bond motifs is 1. The molecule has 4 heterocycles. The van der Waals surface area contributed by atoms with Gasteiger partial charge in [-0.3, -0.25) is 24.0 Å². The first-order valence-corrected chi connectivity index (χ1v) is 17.5. The van der Waals surface area contributed by atoms with Gasteiger partial charge in [-0.1, -0.05) is 6.07 Å². The average Bonchev–Trinajstić information content (AvgIpc) is 3.61. The van der Waals surface area contributed by atoms with Crippen LogP contribution in [0.2, 0.25) is 0 Å². The number of halogens is 2. The van der Waals surface area contributed by atoms with Gasteiger partial charge in [0, 0.05) is 76.5 Å². The van der Waals surface area contributed by atoms with E-state index >= 15 is 0 Å². The van der Waals surface area contributed by atoms with E-state index in [1.807, 2.05) is 6.92 Å². The van der Waals surface area contributed by atoms with E-state index in [-0.39, 0.29) is 69.6 Å². The molecule has 3 saturated heterocycles. The minimum absolute atomic E-state index is 0.0803. The molecule has 3 fully saturated rings. The number of carbonyl (C=O) groups excluding carboxylic acids is 5. The number of benzene rings is 1. The summed E-state index contributed by atoms with van der Waals surface area (Å²) in [6.45, 7) is 4.12. The van der Waals surface area contributed by atoms with E-state index in [2.05, 4.69) is 10.3 Å². The Morgan fingerprint density at radius 2 is 1.67 bits per heavy atom. The summed E-state index contributed by atoms with van der Waals surface area (Å²) < 4.78 is 38.4. The number of aliphatic carboxylic acids is 1. The van der Waals surface area contributed by atoms with Gasteiger partial charge in [0.15, 0.2) is 6.61 Å². The molecule has 0 unspecified atom stereocenters. The Balaban J connectivity index is 1.29. The second kappa shape index (κ2) is 16.5. The molecular weight excluding hydrogens is 686 g/mol. The summed E-state index contributed by atoms with van der Waals surface area (Å²) >= 11 is 0. The molecule has 3 aliphatic rings. The van der Waals surface area contributed by atoms with Crippen LogP contribution in [0.4, 0.5) is 13.6 Å². The number of aromatic nitrogens is 1. The van der Waals surface area contributed by atoms with Gasteiger partial charge in [-0.05, 0) is 50.8 Å². The van der Waals surface area contributed by atoms with E-state index < -0.39 is 73.7 Å². The third-order valence-electron chi connectivity index (χ3n) is 9.54. The van der Waals surface area contributed by atoms with Crippen LogP contribution in [0.25, 0.3) is 10.9 Å².